The maximum Gasteiger partial charge on any atom is 0.345 e. The van der Waals surface area contributed by atoms with E-state index < -0.39 is 21.8 Å². The second kappa shape index (κ2) is 4.94. The van der Waals surface area contributed by atoms with E-state index in [4.69, 9.17) is 5.11 Å². The number of halogens is 1. The molecule has 0 fully saturated rings. The minimum atomic E-state index is -3.92. The predicted molar refractivity (Wildman–Crippen MR) is 66.3 cm³/mol. The molecule has 2 aromatic heterocycles. The van der Waals surface area contributed by atoms with Gasteiger partial charge in [-0.3, -0.25) is 4.72 Å². The molecule has 6 nitrogen and oxygen atoms in total. The van der Waals surface area contributed by atoms with Crippen molar-refractivity contribution in [2.45, 2.75) is 4.21 Å². The molecular formula is C10H7FN2O4S2. The minimum Gasteiger partial charge on any atom is -0.477 e. The number of hydrogen-bond acceptors (Lipinski definition) is 5. The van der Waals surface area contributed by atoms with Gasteiger partial charge in [0.2, 0.25) is 0 Å². The van der Waals surface area contributed by atoms with Gasteiger partial charge in [-0.1, -0.05) is 0 Å². The fraction of sp³-hybridized carbons (Fsp3) is 0. The van der Waals surface area contributed by atoms with Crippen LogP contribution in [0.15, 0.2) is 34.7 Å². The first kappa shape index (κ1) is 13.4. The van der Waals surface area contributed by atoms with Crippen LogP contribution in [0.1, 0.15) is 9.67 Å². The molecule has 0 spiro atoms. The topological polar surface area (TPSA) is 96.4 Å². The number of carbonyl (C=O) groups is 1. The van der Waals surface area contributed by atoms with E-state index in [2.05, 4.69) is 9.71 Å². The van der Waals surface area contributed by atoms with Gasteiger partial charge in [-0.05, 0) is 24.3 Å². The quantitative estimate of drug-likeness (QED) is 0.897. The van der Waals surface area contributed by atoms with E-state index in [1.807, 2.05) is 0 Å². The zero-order valence-corrected chi connectivity index (χ0v) is 10.8. The van der Waals surface area contributed by atoms with E-state index in [-0.39, 0.29) is 14.9 Å². The summed E-state index contributed by atoms with van der Waals surface area (Å²) in [6.07, 6.45) is 0.870. The zero-order valence-electron chi connectivity index (χ0n) is 9.20. The van der Waals surface area contributed by atoms with E-state index in [1.165, 1.54) is 18.2 Å². The number of nitrogens with zero attached hydrogens (tertiary/aromatic N) is 1. The van der Waals surface area contributed by atoms with Crippen molar-refractivity contribution in [3.63, 3.8) is 0 Å². The maximum atomic E-state index is 12.6. The number of anilines is 1. The Morgan fingerprint density at radius 3 is 2.58 bits per heavy atom. The van der Waals surface area contributed by atoms with Crippen molar-refractivity contribution in [3.05, 3.63) is 41.2 Å². The normalized spacial score (nSPS) is 11.2. The fourth-order valence-electron chi connectivity index (χ4n) is 1.20. The molecular weight excluding hydrogens is 295 g/mol. The number of rotatable bonds is 4. The zero-order chi connectivity index (χ0) is 14.0. The number of thiophene rings is 1. The molecule has 9 heteroatoms. The van der Waals surface area contributed by atoms with Crippen LogP contribution >= 0.6 is 11.3 Å². The van der Waals surface area contributed by atoms with Gasteiger partial charge in [-0.25, -0.2) is 22.6 Å². The Bertz CT molecular complexity index is 709. The van der Waals surface area contributed by atoms with Crippen molar-refractivity contribution in [1.29, 1.82) is 0 Å². The Morgan fingerprint density at radius 2 is 2.05 bits per heavy atom. The van der Waals surface area contributed by atoms with Gasteiger partial charge in [0.15, 0.2) is 0 Å². The van der Waals surface area contributed by atoms with Crippen LogP contribution in [0.25, 0.3) is 0 Å². The number of aromatic nitrogens is 1. The molecule has 0 saturated carbocycles. The Hall–Kier alpha value is -2.00. The van der Waals surface area contributed by atoms with Crippen molar-refractivity contribution in [3.8, 4) is 0 Å². The Labute approximate surface area is 111 Å². The Morgan fingerprint density at radius 1 is 1.32 bits per heavy atom. The van der Waals surface area contributed by atoms with E-state index in [1.54, 1.807) is 0 Å². The summed E-state index contributed by atoms with van der Waals surface area (Å²) >= 11 is 0.618. The van der Waals surface area contributed by atoms with Crippen molar-refractivity contribution in [2.24, 2.45) is 0 Å². The van der Waals surface area contributed by atoms with Crippen molar-refractivity contribution < 1.29 is 22.7 Å². The number of sulfonamides is 1. The third kappa shape index (κ3) is 3.06. The van der Waals surface area contributed by atoms with E-state index in [9.17, 15) is 17.6 Å². The van der Waals surface area contributed by atoms with Crippen LogP contribution < -0.4 is 4.72 Å². The molecule has 0 atom stereocenters. The SMILES string of the molecule is O=C(O)c1ccc(S(=O)(=O)Nc2ccc(F)cn2)s1. The van der Waals surface area contributed by atoms with Crippen LogP contribution in [0.4, 0.5) is 10.2 Å². The summed E-state index contributed by atoms with van der Waals surface area (Å²) < 4.78 is 38.4. The van der Waals surface area contributed by atoms with Gasteiger partial charge in [-0.15, -0.1) is 11.3 Å². The highest BCUT2D eigenvalue weighted by atomic mass is 32.2. The predicted octanol–water partition coefficient (Wildman–Crippen LogP) is 1.78. The Kier molecular flexibility index (Phi) is 3.49. The molecule has 0 aliphatic heterocycles. The summed E-state index contributed by atoms with van der Waals surface area (Å²) in [4.78, 5) is 14.1. The molecule has 0 radical (unpaired) electrons. The van der Waals surface area contributed by atoms with E-state index in [0.717, 1.165) is 12.3 Å². The van der Waals surface area contributed by atoms with E-state index in [0.29, 0.717) is 11.3 Å². The Balaban J connectivity index is 2.26. The lowest BCUT2D eigenvalue weighted by Gasteiger charge is -2.04. The molecule has 2 aromatic rings. The van der Waals surface area contributed by atoms with Crippen molar-refractivity contribution in [2.75, 3.05) is 4.72 Å². The highest BCUT2D eigenvalue weighted by Gasteiger charge is 2.19. The maximum absolute atomic E-state index is 12.6. The standard InChI is InChI=1S/C10H7FN2O4S2/c11-6-1-3-8(12-5-6)13-19(16,17)9-4-2-7(18-9)10(14)15/h1-5H,(H,12,13)(H,14,15). The highest BCUT2D eigenvalue weighted by molar-refractivity contribution is 7.94. The van der Waals surface area contributed by atoms with Gasteiger partial charge in [0.05, 0.1) is 6.20 Å². The largest absolute Gasteiger partial charge is 0.477 e. The average molecular weight is 302 g/mol. The molecule has 0 aromatic carbocycles. The van der Waals surface area contributed by atoms with Crippen LogP contribution in [-0.4, -0.2) is 24.5 Å². The van der Waals surface area contributed by atoms with Crippen LogP contribution in [0, 0.1) is 5.82 Å². The second-order valence-electron chi connectivity index (χ2n) is 3.39. The second-order valence-corrected chi connectivity index (χ2v) is 6.38. The van der Waals surface area contributed by atoms with Gasteiger partial charge >= 0.3 is 5.97 Å². The van der Waals surface area contributed by atoms with Crippen LogP contribution in [0.2, 0.25) is 0 Å². The first-order valence-electron chi connectivity index (χ1n) is 4.86. The molecule has 0 bridgehead atoms. The highest BCUT2D eigenvalue weighted by Crippen LogP contribution is 2.23. The molecule has 2 N–H and O–H groups in total. The smallest absolute Gasteiger partial charge is 0.345 e. The summed E-state index contributed by atoms with van der Waals surface area (Å²) in [7, 11) is -3.92. The summed E-state index contributed by atoms with van der Waals surface area (Å²) in [5.74, 6) is -1.84. The monoisotopic (exact) mass is 302 g/mol. The van der Waals surface area contributed by atoms with E-state index >= 15 is 0 Å². The van der Waals surface area contributed by atoms with Crippen LogP contribution in [0.3, 0.4) is 0 Å². The fourth-order valence-corrected chi connectivity index (χ4v) is 3.36. The molecule has 2 heterocycles. The van der Waals surface area contributed by atoms with Gasteiger partial charge in [0.1, 0.15) is 20.7 Å². The van der Waals surface area contributed by atoms with Crippen LogP contribution in [0.5, 0.6) is 0 Å². The first-order valence-corrected chi connectivity index (χ1v) is 7.16. The first-order chi connectivity index (χ1) is 8.88. The summed E-state index contributed by atoms with van der Waals surface area (Å²) in [6.45, 7) is 0. The van der Waals surface area contributed by atoms with Gasteiger partial charge in [0.25, 0.3) is 10.0 Å². The molecule has 100 valence electrons. The van der Waals surface area contributed by atoms with Gasteiger partial charge in [-0.2, -0.15) is 0 Å². The van der Waals surface area contributed by atoms with Gasteiger partial charge in [0, 0.05) is 0 Å². The summed E-state index contributed by atoms with van der Waals surface area (Å²) in [5.41, 5.74) is 0. The number of nitrogens with one attached hydrogen (secondary N) is 1. The summed E-state index contributed by atoms with van der Waals surface area (Å²) in [6, 6.07) is 4.60. The molecule has 0 aliphatic rings. The lowest BCUT2D eigenvalue weighted by atomic mass is 10.5. The molecule has 0 saturated heterocycles. The molecule has 2 rings (SSSR count). The molecule has 0 aliphatic carbocycles. The molecule has 0 unspecified atom stereocenters. The number of carboxylic acids is 1. The number of hydrogen-bond donors (Lipinski definition) is 2. The third-order valence-electron chi connectivity index (χ3n) is 2.02. The lowest BCUT2D eigenvalue weighted by Crippen LogP contribution is -2.12. The number of aromatic carboxylic acids is 1. The number of pyridine rings is 1. The number of carboxylic acid groups (broad SMARTS) is 1. The molecule has 19 heavy (non-hydrogen) atoms. The average Bonchev–Trinajstić information content (AvgIpc) is 2.82. The van der Waals surface area contributed by atoms with Crippen molar-refractivity contribution in [1.82, 2.24) is 4.98 Å². The minimum absolute atomic E-state index is 0.0494. The third-order valence-corrected chi connectivity index (χ3v) is 4.94. The summed E-state index contributed by atoms with van der Waals surface area (Å²) in [5, 5.41) is 8.73. The lowest BCUT2D eigenvalue weighted by molar-refractivity contribution is 0.0702. The van der Waals surface area contributed by atoms with Crippen LogP contribution in [-0.2, 0) is 10.0 Å². The van der Waals surface area contributed by atoms with Crippen molar-refractivity contribution >= 4 is 33.1 Å². The van der Waals surface area contributed by atoms with Gasteiger partial charge < -0.3 is 5.11 Å². The molecule has 0 amide bonds.